The molecule has 0 spiro atoms. The maximum atomic E-state index is 13.0. The highest BCUT2D eigenvalue weighted by Gasteiger charge is 2.47. The smallest absolute Gasteiger partial charge is 0.335 e. The number of fused-ring (bicyclic) bond motifs is 4. The van der Waals surface area contributed by atoms with Crippen molar-refractivity contribution < 1.29 is 33.6 Å². The molecule has 37 heavy (non-hydrogen) atoms. The number of nitrogens with zero attached hydrogens (tertiary/aromatic N) is 1. The molecular weight excluding hydrogens is 474 g/mol. The number of rotatable bonds is 8. The van der Waals surface area contributed by atoms with Crippen molar-refractivity contribution in [1.29, 1.82) is 0 Å². The Morgan fingerprint density at radius 1 is 1.19 bits per heavy atom. The minimum atomic E-state index is -0.853. The van der Waals surface area contributed by atoms with Crippen molar-refractivity contribution in [2.45, 2.75) is 98.0 Å². The number of aliphatic hydroxyl groups is 1. The highest BCUT2D eigenvalue weighted by molar-refractivity contribution is 5.75. The molecule has 2 heterocycles. The number of hydrogen-bond acceptors (Lipinski definition) is 8. The molecule has 3 aliphatic rings. The molecular formula is C29H47NO7. The first kappa shape index (κ1) is 30.9. The molecule has 0 radical (unpaired) electrons. The Labute approximate surface area is 222 Å². The van der Waals surface area contributed by atoms with Gasteiger partial charge in [-0.2, -0.15) is 0 Å². The van der Waals surface area contributed by atoms with E-state index in [2.05, 4.69) is 24.0 Å². The van der Waals surface area contributed by atoms with Crippen LogP contribution in [0.25, 0.3) is 0 Å². The SMILES string of the molecule is CC.CC.CCN1CCc2cc3c(cc2[C@H]2C1C=C(OC)[C@H]2OC(=O)C(C)OCCC(C)(C)O)OCO3. The van der Waals surface area contributed by atoms with Crippen molar-refractivity contribution >= 4 is 5.97 Å². The third kappa shape index (κ3) is 7.39. The van der Waals surface area contributed by atoms with Gasteiger partial charge < -0.3 is 28.8 Å². The van der Waals surface area contributed by atoms with Gasteiger partial charge in [0.2, 0.25) is 6.79 Å². The second kappa shape index (κ2) is 14.0. The first-order valence-corrected chi connectivity index (χ1v) is 13.7. The van der Waals surface area contributed by atoms with Crippen LogP contribution in [0, 0.1) is 0 Å². The van der Waals surface area contributed by atoms with Gasteiger partial charge >= 0.3 is 5.97 Å². The summed E-state index contributed by atoms with van der Waals surface area (Å²) in [5, 5.41) is 9.89. The van der Waals surface area contributed by atoms with Crippen LogP contribution in [0.3, 0.4) is 0 Å². The number of benzene rings is 1. The van der Waals surface area contributed by atoms with E-state index in [-0.39, 0.29) is 25.4 Å². The number of ether oxygens (including phenoxy) is 5. The molecule has 2 aliphatic heterocycles. The summed E-state index contributed by atoms with van der Waals surface area (Å²) >= 11 is 0. The number of esters is 1. The summed E-state index contributed by atoms with van der Waals surface area (Å²) in [5.41, 5.74) is 1.41. The minimum absolute atomic E-state index is 0.0378. The van der Waals surface area contributed by atoms with E-state index in [0.29, 0.717) is 12.2 Å². The Hall–Kier alpha value is -2.29. The van der Waals surface area contributed by atoms with Crippen molar-refractivity contribution in [2.24, 2.45) is 0 Å². The molecule has 8 heteroatoms. The quantitative estimate of drug-likeness (QED) is 0.488. The fourth-order valence-corrected chi connectivity index (χ4v) is 4.80. The molecule has 4 atom stereocenters. The lowest BCUT2D eigenvalue weighted by Gasteiger charge is -2.32. The number of likely N-dealkylation sites (N-methyl/N-ethyl adjacent to an activating group) is 1. The first-order chi connectivity index (χ1) is 17.7. The monoisotopic (exact) mass is 521 g/mol. The second-order valence-corrected chi connectivity index (χ2v) is 9.51. The summed E-state index contributed by atoms with van der Waals surface area (Å²) in [7, 11) is 1.61. The zero-order chi connectivity index (χ0) is 27.8. The van der Waals surface area contributed by atoms with Crippen molar-refractivity contribution in [3.63, 3.8) is 0 Å². The number of hydrogen-bond donors (Lipinski definition) is 1. The number of carbonyl (C=O) groups excluding carboxylic acids is 1. The van der Waals surface area contributed by atoms with Gasteiger partial charge in [0, 0.05) is 18.5 Å². The molecule has 0 saturated carbocycles. The van der Waals surface area contributed by atoms with Gasteiger partial charge in [0.1, 0.15) is 5.76 Å². The van der Waals surface area contributed by atoms with Crippen LogP contribution in [0.1, 0.15) is 78.9 Å². The fraction of sp³-hybridized carbons (Fsp3) is 0.690. The Kier molecular flexibility index (Phi) is 11.7. The van der Waals surface area contributed by atoms with Crippen molar-refractivity contribution in [2.75, 3.05) is 33.6 Å². The summed E-state index contributed by atoms with van der Waals surface area (Å²) < 4.78 is 28.6. The van der Waals surface area contributed by atoms with Crippen LogP contribution in [0.5, 0.6) is 11.5 Å². The van der Waals surface area contributed by atoms with Gasteiger partial charge in [-0.05, 0) is 69.5 Å². The molecule has 1 aliphatic carbocycles. The molecule has 1 aromatic rings. The molecule has 1 aromatic carbocycles. The van der Waals surface area contributed by atoms with Gasteiger partial charge in [0.15, 0.2) is 23.7 Å². The van der Waals surface area contributed by atoms with Gasteiger partial charge in [-0.15, -0.1) is 0 Å². The maximum Gasteiger partial charge on any atom is 0.335 e. The van der Waals surface area contributed by atoms with Gasteiger partial charge in [-0.1, -0.05) is 34.6 Å². The zero-order valence-corrected chi connectivity index (χ0v) is 24.1. The predicted octanol–water partition coefficient (Wildman–Crippen LogP) is 4.82. The largest absolute Gasteiger partial charge is 0.497 e. The third-order valence-electron chi connectivity index (χ3n) is 6.69. The van der Waals surface area contributed by atoms with Crippen LogP contribution in [0.2, 0.25) is 0 Å². The van der Waals surface area contributed by atoms with Crippen LogP contribution in [-0.4, -0.2) is 73.4 Å². The van der Waals surface area contributed by atoms with Crippen molar-refractivity contribution in [1.82, 2.24) is 4.90 Å². The third-order valence-corrected chi connectivity index (χ3v) is 6.69. The number of carbonyl (C=O) groups is 1. The topological polar surface area (TPSA) is 86.7 Å². The summed E-state index contributed by atoms with van der Waals surface area (Å²) in [6.45, 7) is 17.5. The average Bonchev–Trinajstić information content (AvgIpc) is 3.45. The summed E-state index contributed by atoms with van der Waals surface area (Å²) in [6, 6.07) is 4.13. The van der Waals surface area contributed by atoms with E-state index in [1.807, 2.05) is 33.8 Å². The van der Waals surface area contributed by atoms with Gasteiger partial charge in [-0.25, -0.2) is 4.79 Å². The van der Waals surface area contributed by atoms with Gasteiger partial charge in [-0.3, -0.25) is 4.90 Å². The van der Waals surface area contributed by atoms with E-state index in [1.54, 1.807) is 27.9 Å². The number of methoxy groups -OCH3 is 1. The van der Waals surface area contributed by atoms with E-state index >= 15 is 0 Å². The van der Waals surface area contributed by atoms with Crippen LogP contribution >= 0.6 is 0 Å². The van der Waals surface area contributed by atoms with Gasteiger partial charge in [0.25, 0.3) is 0 Å². The molecule has 0 saturated heterocycles. The van der Waals surface area contributed by atoms with E-state index in [0.717, 1.165) is 36.6 Å². The standard InChI is InChI=1S/C25H35NO7.2C2H6/c1-6-26-9-7-16-11-19-20(32-14-31-19)12-17(16)22-18(26)13-21(29-5)23(22)33-24(27)15(2)30-10-8-25(3,4)28;2*1-2/h11-13,15,18,22-23,28H,6-10,14H2,1-5H3;2*1-2H3/t15?,18?,22-,23+;;/m0../s1. The predicted molar refractivity (Wildman–Crippen MR) is 144 cm³/mol. The molecule has 8 nitrogen and oxygen atoms in total. The van der Waals surface area contributed by atoms with Crippen LogP contribution in [-0.2, 0) is 25.4 Å². The van der Waals surface area contributed by atoms with E-state index < -0.39 is 23.8 Å². The Morgan fingerprint density at radius 2 is 1.84 bits per heavy atom. The molecule has 210 valence electrons. The van der Waals surface area contributed by atoms with E-state index in [9.17, 15) is 9.90 Å². The van der Waals surface area contributed by atoms with E-state index in [1.165, 1.54) is 5.56 Å². The lowest BCUT2D eigenvalue weighted by atomic mass is 9.87. The summed E-state index contributed by atoms with van der Waals surface area (Å²) in [6.07, 6.45) is 2.05. The lowest BCUT2D eigenvalue weighted by molar-refractivity contribution is -0.163. The lowest BCUT2D eigenvalue weighted by Crippen LogP contribution is -2.40. The van der Waals surface area contributed by atoms with Crippen LogP contribution in [0.4, 0.5) is 0 Å². The first-order valence-electron chi connectivity index (χ1n) is 13.7. The molecule has 1 N–H and O–H groups in total. The summed E-state index contributed by atoms with van der Waals surface area (Å²) in [4.78, 5) is 15.4. The fourth-order valence-electron chi connectivity index (χ4n) is 4.80. The molecule has 2 unspecified atom stereocenters. The molecule has 4 rings (SSSR count). The maximum absolute atomic E-state index is 13.0. The average molecular weight is 522 g/mol. The zero-order valence-electron chi connectivity index (χ0n) is 24.1. The second-order valence-electron chi connectivity index (χ2n) is 9.51. The molecule has 0 fully saturated rings. The molecule has 0 amide bonds. The Bertz CT molecular complexity index is 908. The highest BCUT2D eigenvalue weighted by atomic mass is 16.7. The minimum Gasteiger partial charge on any atom is -0.497 e. The Morgan fingerprint density at radius 3 is 2.43 bits per heavy atom. The highest BCUT2D eigenvalue weighted by Crippen LogP contribution is 2.46. The normalized spacial score (nSPS) is 22.6. The van der Waals surface area contributed by atoms with Crippen molar-refractivity contribution in [3.8, 4) is 11.5 Å². The summed E-state index contributed by atoms with van der Waals surface area (Å²) in [5.74, 6) is 1.55. The van der Waals surface area contributed by atoms with Crippen molar-refractivity contribution in [3.05, 3.63) is 35.1 Å². The van der Waals surface area contributed by atoms with E-state index in [4.69, 9.17) is 23.7 Å². The van der Waals surface area contributed by atoms with Crippen LogP contribution < -0.4 is 9.47 Å². The Balaban J connectivity index is 0.00000115. The molecule has 0 aromatic heterocycles. The van der Waals surface area contributed by atoms with Gasteiger partial charge in [0.05, 0.1) is 19.3 Å². The molecule has 0 bridgehead atoms. The van der Waals surface area contributed by atoms with Crippen LogP contribution in [0.15, 0.2) is 24.0 Å².